The summed E-state index contributed by atoms with van der Waals surface area (Å²) >= 11 is 0. The van der Waals surface area contributed by atoms with Crippen molar-refractivity contribution in [3.63, 3.8) is 0 Å². The average Bonchev–Trinajstić information content (AvgIpc) is 3.09. The highest BCUT2D eigenvalue weighted by Crippen LogP contribution is 2.43. The molecule has 292 valence electrons. The van der Waals surface area contributed by atoms with Crippen LogP contribution in [0.2, 0.25) is 0 Å². The molecule has 0 aromatic rings. The summed E-state index contributed by atoms with van der Waals surface area (Å²) in [4.78, 5) is 22.4. The van der Waals surface area contributed by atoms with Crippen LogP contribution in [-0.4, -0.2) is 66.3 Å². The molecule has 0 saturated carbocycles. The van der Waals surface area contributed by atoms with E-state index in [1.807, 2.05) is 0 Å². The summed E-state index contributed by atoms with van der Waals surface area (Å²) in [7, 11) is -4.51. The fraction of sp³-hybridized carbons (Fsp3) is 0.923. The molecule has 0 heterocycles. The van der Waals surface area contributed by atoms with Crippen LogP contribution >= 0.6 is 7.82 Å². The topological polar surface area (TPSA) is 132 Å². The van der Waals surface area contributed by atoms with Gasteiger partial charge in [-0.1, -0.05) is 161 Å². The second-order valence-electron chi connectivity index (χ2n) is 13.7. The van der Waals surface area contributed by atoms with Gasteiger partial charge in [-0.25, -0.2) is 4.57 Å². The fourth-order valence-electron chi connectivity index (χ4n) is 5.59. The first-order valence-electron chi connectivity index (χ1n) is 20.2. The highest BCUT2D eigenvalue weighted by Gasteiger charge is 2.26. The highest BCUT2D eigenvalue weighted by molar-refractivity contribution is 7.47. The van der Waals surface area contributed by atoms with E-state index in [-0.39, 0.29) is 19.6 Å². The minimum Gasteiger partial charge on any atom is -0.457 e. The number of aliphatic hydroxyl groups is 2. The number of carbonyl (C=O) groups is 1. The normalized spacial score (nSPS) is 14.3. The Kier molecular flexibility index (Phi) is 36.4. The summed E-state index contributed by atoms with van der Waals surface area (Å²) in [6.07, 6.45) is 34.6. The van der Waals surface area contributed by atoms with Gasteiger partial charge in [0.25, 0.3) is 0 Å². The summed E-state index contributed by atoms with van der Waals surface area (Å²) < 4.78 is 33.2. The minimum absolute atomic E-state index is 0.0511. The molecule has 0 aromatic carbocycles. The monoisotopic (exact) mass is 721 g/mol. The standard InChI is InChI=1S/C39H77O9P/c1-3-5-7-9-11-13-15-16-17-18-19-20-21-22-24-26-28-30-32-45-35-38(36-47-49(43,44)46-34-37(41)33-40)48-39(42)31-29-27-25-23-14-12-10-8-6-4-2/h8,10,37-38,40-41H,3-7,9,11-36H2,1-2H3,(H,43,44)/b10-8-. The van der Waals surface area contributed by atoms with Crippen LogP contribution < -0.4 is 0 Å². The van der Waals surface area contributed by atoms with Gasteiger partial charge in [0.2, 0.25) is 0 Å². The number of phosphoric acid groups is 1. The molecular formula is C39H77O9P. The zero-order chi connectivity index (χ0) is 36.1. The fourth-order valence-corrected chi connectivity index (χ4v) is 6.38. The zero-order valence-electron chi connectivity index (χ0n) is 31.7. The van der Waals surface area contributed by atoms with Gasteiger partial charge < -0.3 is 24.6 Å². The number of hydrogen-bond donors (Lipinski definition) is 3. The lowest BCUT2D eigenvalue weighted by atomic mass is 10.0. The second kappa shape index (κ2) is 37.0. The molecule has 3 unspecified atom stereocenters. The number of hydrogen-bond acceptors (Lipinski definition) is 8. The number of phosphoric ester groups is 1. The number of ether oxygens (including phenoxy) is 2. The summed E-state index contributed by atoms with van der Waals surface area (Å²) in [6, 6.07) is 0. The van der Waals surface area contributed by atoms with Crippen molar-refractivity contribution in [2.45, 2.75) is 199 Å². The van der Waals surface area contributed by atoms with Crippen LogP contribution in [0.15, 0.2) is 12.2 Å². The van der Waals surface area contributed by atoms with Crippen LogP contribution in [0.4, 0.5) is 0 Å². The molecule has 0 aliphatic heterocycles. The Morgan fingerprint density at radius 3 is 1.61 bits per heavy atom. The van der Waals surface area contributed by atoms with Gasteiger partial charge >= 0.3 is 13.8 Å². The molecule has 0 aromatic heterocycles. The van der Waals surface area contributed by atoms with E-state index in [4.69, 9.17) is 23.6 Å². The van der Waals surface area contributed by atoms with Crippen molar-refractivity contribution in [3.05, 3.63) is 12.2 Å². The van der Waals surface area contributed by atoms with E-state index in [1.165, 1.54) is 109 Å². The molecule has 0 rings (SSSR count). The molecule has 49 heavy (non-hydrogen) atoms. The smallest absolute Gasteiger partial charge is 0.457 e. The van der Waals surface area contributed by atoms with Gasteiger partial charge in [0.15, 0.2) is 0 Å². The van der Waals surface area contributed by atoms with E-state index in [0.717, 1.165) is 57.8 Å². The molecule has 0 amide bonds. The molecule has 0 spiro atoms. The van der Waals surface area contributed by atoms with Crippen LogP contribution in [0.5, 0.6) is 0 Å². The summed E-state index contributed by atoms with van der Waals surface area (Å²) in [5.74, 6) is -0.391. The third kappa shape index (κ3) is 36.8. The molecule has 0 fully saturated rings. The number of allylic oxidation sites excluding steroid dienone is 2. The third-order valence-electron chi connectivity index (χ3n) is 8.68. The second-order valence-corrected chi connectivity index (χ2v) is 15.1. The van der Waals surface area contributed by atoms with Crippen molar-refractivity contribution >= 4 is 13.8 Å². The molecule has 0 aliphatic carbocycles. The minimum atomic E-state index is -4.51. The maximum atomic E-state index is 12.5. The third-order valence-corrected chi connectivity index (χ3v) is 9.63. The molecule has 9 nitrogen and oxygen atoms in total. The number of esters is 1. The van der Waals surface area contributed by atoms with Gasteiger partial charge in [-0.05, 0) is 32.1 Å². The summed E-state index contributed by atoms with van der Waals surface area (Å²) in [6.45, 7) is 3.47. The molecule has 0 aliphatic rings. The number of unbranched alkanes of at least 4 members (excludes halogenated alkanes) is 23. The lowest BCUT2D eigenvalue weighted by Gasteiger charge is -2.20. The Labute approximate surface area is 300 Å². The van der Waals surface area contributed by atoms with Crippen LogP contribution in [-0.2, 0) is 27.9 Å². The van der Waals surface area contributed by atoms with Gasteiger partial charge in [0, 0.05) is 13.0 Å². The van der Waals surface area contributed by atoms with Gasteiger partial charge in [-0.2, -0.15) is 0 Å². The quantitative estimate of drug-likeness (QED) is 0.0246. The zero-order valence-corrected chi connectivity index (χ0v) is 32.6. The van der Waals surface area contributed by atoms with Gasteiger partial charge in [0.05, 0.1) is 26.4 Å². The van der Waals surface area contributed by atoms with Crippen LogP contribution in [0.1, 0.15) is 187 Å². The number of rotatable bonds is 39. The first-order chi connectivity index (χ1) is 23.8. The van der Waals surface area contributed by atoms with E-state index < -0.39 is 39.2 Å². The van der Waals surface area contributed by atoms with Gasteiger partial charge in [-0.3, -0.25) is 13.8 Å². The predicted molar refractivity (Wildman–Crippen MR) is 201 cm³/mol. The van der Waals surface area contributed by atoms with Crippen molar-refractivity contribution in [3.8, 4) is 0 Å². The summed E-state index contributed by atoms with van der Waals surface area (Å²) in [5, 5.41) is 18.3. The molecule has 0 saturated heterocycles. The Hall–Kier alpha value is -0.800. The molecule has 10 heteroatoms. The van der Waals surface area contributed by atoms with Crippen LogP contribution in [0, 0.1) is 0 Å². The maximum Gasteiger partial charge on any atom is 0.472 e. The Balaban J connectivity index is 4.10. The van der Waals surface area contributed by atoms with Crippen LogP contribution in [0.25, 0.3) is 0 Å². The Morgan fingerprint density at radius 1 is 0.612 bits per heavy atom. The average molecular weight is 721 g/mol. The van der Waals surface area contributed by atoms with Crippen molar-refractivity contribution in [2.24, 2.45) is 0 Å². The highest BCUT2D eigenvalue weighted by atomic mass is 31.2. The largest absolute Gasteiger partial charge is 0.472 e. The van der Waals surface area contributed by atoms with Crippen molar-refractivity contribution in [2.75, 3.05) is 33.0 Å². The first-order valence-corrected chi connectivity index (χ1v) is 21.7. The SMILES string of the molecule is CCC/C=C\CCCCCCCC(=O)OC(COCCCCCCCCCCCCCCCCCCCC)COP(=O)(O)OCC(O)CO. The maximum absolute atomic E-state index is 12.5. The van der Waals surface area contributed by atoms with Gasteiger partial charge in [-0.15, -0.1) is 0 Å². The van der Waals surface area contributed by atoms with Crippen molar-refractivity contribution < 1.29 is 43.0 Å². The predicted octanol–water partition coefficient (Wildman–Crippen LogP) is 10.5. The van der Waals surface area contributed by atoms with E-state index in [1.54, 1.807) is 0 Å². The Morgan fingerprint density at radius 2 is 1.08 bits per heavy atom. The lowest BCUT2D eigenvalue weighted by molar-refractivity contribution is -0.154. The van der Waals surface area contributed by atoms with E-state index in [2.05, 4.69) is 26.0 Å². The van der Waals surface area contributed by atoms with Crippen molar-refractivity contribution in [1.82, 2.24) is 0 Å². The molecule has 3 atom stereocenters. The molecular weight excluding hydrogens is 643 g/mol. The van der Waals surface area contributed by atoms with E-state index in [9.17, 15) is 19.4 Å². The van der Waals surface area contributed by atoms with Gasteiger partial charge in [0.1, 0.15) is 12.2 Å². The molecule has 3 N–H and O–H groups in total. The van der Waals surface area contributed by atoms with Crippen LogP contribution in [0.3, 0.4) is 0 Å². The van der Waals surface area contributed by atoms with E-state index in [0.29, 0.717) is 6.61 Å². The Bertz CT molecular complexity index is 780. The number of carbonyl (C=O) groups excluding carboxylic acids is 1. The summed E-state index contributed by atoms with van der Waals surface area (Å²) in [5.41, 5.74) is 0. The van der Waals surface area contributed by atoms with E-state index >= 15 is 0 Å². The molecule has 0 radical (unpaired) electrons. The lowest BCUT2D eigenvalue weighted by Crippen LogP contribution is -2.29. The first kappa shape index (κ1) is 48.2. The molecule has 0 bridgehead atoms. The number of aliphatic hydroxyl groups excluding tert-OH is 2. The van der Waals surface area contributed by atoms with Crippen molar-refractivity contribution in [1.29, 1.82) is 0 Å².